The van der Waals surface area contributed by atoms with Crippen molar-refractivity contribution in [1.82, 2.24) is 10.2 Å². The van der Waals surface area contributed by atoms with E-state index in [0.717, 1.165) is 16.7 Å². The number of hydrogen-bond acceptors (Lipinski definition) is 4. The predicted octanol–water partition coefficient (Wildman–Crippen LogP) is 6.10. The summed E-state index contributed by atoms with van der Waals surface area (Å²) < 4.78 is 5.27. The molecule has 2 N–H and O–H groups in total. The fourth-order valence-corrected chi connectivity index (χ4v) is 4.16. The first-order valence-electron chi connectivity index (χ1n) is 11.9. The van der Waals surface area contributed by atoms with Gasteiger partial charge < -0.3 is 20.3 Å². The van der Waals surface area contributed by atoms with E-state index in [-0.39, 0.29) is 6.54 Å². The van der Waals surface area contributed by atoms with E-state index < -0.39 is 35.1 Å². The molecule has 196 valence electrons. The van der Waals surface area contributed by atoms with Crippen LogP contribution in [0.4, 0.5) is 10.5 Å². The molecule has 7 nitrogen and oxygen atoms in total. The minimum atomic E-state index is -0.978. The summed E-state index contributed by atoms with van der Waals surface area (Å²) in [4.78, 5) is 41.3. The molecule has 0 aromatic heterocycles. The van der Waals surface area contributed by atoms with E-state index in [4.69, 9.17) is 16.3 Å². The lowest BCUT2D eigenvalue weighted by molar-refractivity contribution is -0.144. The van der Waals surface area contributed by atoms with Crippen LogP contribution in [-0.4, -0.2) is 40.5 Å². The number of anilines is 1. The summed E-state index contributed by atoms with van der Waals surface area (Å²) in [6.07, 6.45) is -0.705. The SMILES string of the molecule is Cc1ccc(C)c(C(C(=O)Nc2c(C)cccc2Cl)N(C(=O)CNC(=O)OC(C)(C)C)C(C)(C)C)c1. The van der Waals surface area contributed by atoms with Crippen LogP contribution in [0.5, 0.6) is 0 Å². The van der Waals surface area contributed by atoms with Gasteiger partial charge in [0.05, 0.1) is 10.7 Å². The number of ether oxygens (including phenoxy) is 1. The zero-order chi connectivity index (χ0) is 27.4. The maximum Gasteiger partial charge on any atom is 0.408 e. The molecular weight excluding hydrogens is 478 g/mol. The van der Waals surface area contributed by atoms with Crippen molar-refractivity contribution in [3.63, 3.8) is 0 Å². The van der Waals surface area contributed by atoms with Gasteiger partial charge in [-0.2, -0.15) is 0 Å². The second-order valence-corrected chi connectivity index (χ2v) is 11.4. The van der Waals surface area contributed by atoms with Crippen molar-refractivity contribution in [3.8, 4) is 0 Å². The van der Waals surface area contributed by atoms with E-state index in [1.165, 1.54) is 4.90 Å². The second kappa shape index (κ2) is 11.3. The molecule has 0 aliphatic rings. The molecule has 2 aromatic rings. The summed E-state index contributed by atoms with van der Waals surface area (Å²) in [5.74, 6) is -0.828. The zero-order valence-electron chi connectivity index (χ0n) is 22.7. The molecular formula is C28H38ClN3O4. The largest absolute Gasteiger partial charge is 0.444 e. The fourth-order valence-electron chi connectivity index (χ4n) is 3.89. The van der Waals surface area contributed by atoms with E-state index >= 15 is 0 Å². The second-order valence-electron chi connectivity index (χ2n) is 11.0. The van der Waals surface area contributed by atoms with Crippen molar-refractivity contribution in [1.29, 1.82) is 0 Å². The van der Waals surface area contributed by atoms with Crippen molar-refractivity contribution in [2.45, 2.75) is 79.5 Å². The van der Waals surface area contributed by atoms with Gasteiger partial charge in [0.25, 0.3) is 5.91 Å². The number of rotatable bonds is 6. The molecule has 2 aromatic carbocycles. The summed E-state index contributed by atoms with van der Waals surface area (Å²) in [5, 5.41) is 5.88. The normalized spacial score (nSPS) is 12.5. The Labute approximate surface area is 219 Å². The zero-order valence-corrected chi connectivity index (χ0v) is 23.5. The van der Waals surface area contributed by atoms with Gasteiger partial charge in [0.1, 0.15) is 18.2 Å². The summed E-state index contributed by atoms with van der Waals surface area (Å²) in [5.41, 5.74) is 2.33. The first-order chi connectivity index (χ1) is 16.5. The number of hydrogen-bond donors (Lipinski definition) is 2. The average molecular weight is 516 g/mol. The van der Waals surface area contributed by atoms with Crippen molar-refractivity contribution in [2.24, 2.45) is 0 Å². The van der Waals surface area contributed by atoms with Crippen LogP contribution >= 0.6 is 11.6 Å². The maximum atomic E-state index is 13.9. The van der Waals surface area contributed by atoms with Crippen LogP contribution in [0.15, 0.2) is 36.4 Å². The molecule has 0 spiro atoms. The highest BCUT2D eigenvalue weighted by atomic mass is 35.5. The Bertz CT molecular complexity index is 1110. The van der Waals surface area contributed by atoms with Gasteiger partial charge in [-0.25, -0.2) is 4.79 Å². The average Bonchev–Trinajstić information content (AvgIpc) is 2.72. The molecule has 1 atom stereocenters. The number of carbonyl (C=O) groups is 3. The van der Waals surface area contributed by atoms with Crippen molar-refractivity contribution >= 4 is 35.2 Å². The summed E-state index contributed by atoms with van der Waals surface area (Å²) in [6.45, 7) is 16.1. The number of aryl methyl sites for hydroxylation is 3. The van der Waals surface area contributed by atoms with Gasteiger partial charge >= 0.3 is 6.09 Å². The molecule has 0 fully saturated rings. The number of nitrogens with zero attached hydrogens (tertiary/aromatic N) is 1. The van der Waals surface area contributed by atoms with Crippen LogP contribution in [0.2, 0.25) is 5.02 Å². The maximum absolute atomic E-state index is 13.9. The highest BCUT2D eigenvalue weighted by Gasteiger charge is 2.39. The Morgan fingerprint density at radius 3 is 2.17 bits per heavy atom. The third kappa shape index (κ3) is 7.72. The molecule has 0 heterocycles. The smallest absolute Gasteiger partial charge is 0.408 e. The first kappa shape index (κ1) is 29.2. The van der Waals surface area contributed by atoms with Crippen LogP contribution in [0, 0.1) is 20.8 Å². The quantitative estimate of drug-likeness (QED) is 0.486. The van der Waals surface area contributed by atoms with Gasteiger partial charge in [-0.1, -0.05) is 47.5 Å². The molecule has 0 aliphatic heterocycles. The number of halogens is 1. The van der Waals surface area contributed by atoms with Crippen molar-refractivity contribution < 1.29 is 19.1 Å². The predicted molar refractivity (Wildman–Crippen MR) is 144 cm³/mol. The van der Waals surface area contributed by atoms with Gasteiger partial charge in [-0.15, -0.1) is 0 Å². The van der Waals surface area contributed by atoms with E-state index in [2.05, 4.69) is 10.6 Å². The van der Waals surface area contributed by atoms with Crippen LogP contribution in [0.3, 0.4) is 0 Å². The molecule has 3 amide bonds. The third-order valence-electron chi connectivity index (χ3n) is 5.48. The number of benzene rings is 2. The van der Waals surface area contributed by atoms with Gasteiger partial charge in [0.2, 0.25) is 5.91 Å². The van der Waals surface area contributed by atoms with Crippen LogP contribution in [0.25, 0.3) is 0 Å². The molecule has 8 heteroatoms. The molecule has 0 bridgehead atoms. The number of nitrogens with one attached hydrogen (secondary N) is 2. The molecule has 0 radical (unpaired) electrons. The van der Waals surface area contributed by atoms with Gasteiger partial charge in [-0.05, 0) is 85.1 Å². The van der Waals surface area contributed by atoms with Crippen LogP contribution in [0.1, 0.15) is 69.8 Å². The monoisotopic (exact) mass is 515 g/mol. The Hall–Kier alpha value is -3.06. The number of carbonyl (C=O) groups excluding carboxylic acids is 3. The van der Waals surface area contributed by atoms with Crippen LogP contribution < -0.4 is 10.6 Å². The van der Waals surface area contributed by atoms with Crippen molar-refractivity contribution in [2.75, 3.05) is 11.9 Å². The highest BCUT2D eigenvalue weighted by molar-refractivity contribution is 6.34. The minimum absolute atomic E-state index is 0.327. The van der Waals surface area contributed by atoms with Gasteiger partial charge in [0.15, 0.2) is 0 Å². The van der Waals surface area contributed by atoms with E-state index in [1.807, 2.05) is 71.9 Å². The molecule has 1 unspecified atom stereocenters. The lowest BCUT2D eigenvalue weighted by Crippen LogP contribution is -2.54. The van der Waals surface area contributed by atoms with Gasteiger partial charge in [0, 0.05) is 5.54 Å². The molecule has 36 heavy (non-hydrogen) atoms. The van der Waals surface area contributed by atoms with Crippen molar-refractivity contribution in [3.05, 3.63) is 63.7 Å². The third-order valence-corrected chi connectivity index (χ3v) is 5.80. The molecule has 0 saturated carbocycles. The summed E-state index contributed by atoms with van der Waals surface area (Å²) in [6, 6.07) is 10.2. The number of amides is 3. The molecule has 2 rings (SSSR count). The van der Waals surface area contributed by atoms with Crippen LogP contribution in [-0.2, 0) is 14.3 Å². The Morgan fingerprint density at radius 2 is 1.61 bits per heavy atom. The lowest BCUT2D eigenvalue weighted by atomic mass is 9.92. The topological polar surface area (TPSA) is 87.7 Å². The van der Waals surface area contributed by atoms with E-state index in [9.17, 15) is 14.4 Å². The van der Waals surface area contributed by atoms with E-state index in [0.29, 0.717) is 16.3 Å². The fraction of sp³-hybridized carbons (Fsp3) is 0.464. The lowest BCUT2D eigenvalue weighted by Gasteiger charge is -2.42. The first-order valence-corrected chi connectivity index (χ1v) is 12.3. The summed E-state index contributed by atoms with van der Waals surface area (Å²) in [7, 11) is 0. The summed E-state index contributed by atoms with van der Waals surface area (Å²) >= 11 is 6.39. The molecule has 0 aliphatic carbocycles. The highest BCUT2D eigenvalue weighted by Crippen LogP contribution is 2.34. The number of para-hydroxylation sites is 1. The molecule has 0 saturated heterocycles. The van der Waals surface area contributed by atoms with Gasteiger partial charge in [-0.3, -0.25) is 9.59 Å². The number of alkyl carbamates (subject to hydrolysis) is 1. The Morgan fingerprint density at radius 1 is 0.972 bits per heavy atom. The Kier molecular flexibility index (Phi) is 9.18. The van der Waals surface area contributed by atoms with E-state index in [1.54, 1.807) is 26.8 Å². The minimum Gasteiger partial charge on any atom is -0.444 e. The standard InChI is InChI=1S/C28H38ClN3O4/c1-17-13-14-18(2)20(15-17)24(25(34)31-23-19(3)11-10-12-21(23)29)32(27(4,5)6)22(33)16-30-26(35)36-28(7,8)9/h10-15,24H,16H2,1-9H3,(H,30,35)(H,31,34). The Balaban J connectivity index is 2.53.